The molecule has 21 heavy (non-hydrogen) atoms. The molecule has 0 N–H and O–H groups in total. The van der Waals surface area contributed by atoms with Crippen LogP contribution in [0.5, 0.6) is 0 Å². The van der Waals surface area contributed by atoms with Gasteiger partial charge in [0.2, 0.25) is 0 Å². The van der Waals surface area contributed by atoms with E-state index in [9.17, 15) is 14.9 Å². The summed E-state index contributed by atoms with van der Waals surface area (Å²) in [5.74, 6) is -0.366. The third kappa shape index (κ3) is 3.68. The first-order valence-electron chi connectivity index (χ1n) is 5.90. The molecule has 0 fully saturated rings. The van der Waals surface area contributed by atoms with Gasteiger partial charge in [0.15, 0.2) is 5.78 Å². The minimum atomic E-state index is -0.628. The van der Waals surface area contributed by atoms with Gasteiger partial charge >= 0.3 is 0 Å². The Morgan fingerprint density at radius 2 is 1.81 bits per heavy atom. The van der Waals surface area contributed by atoms with E-state index in [0.717, 1.165) is 6.07 Å². The van der Waals surface area contributed by atoms with Gasteiger partial charge in [-0.05, 0) is 35.9 Å². The molecule has 2 rings (SSSR count). The molecule has 0 aromatic heterocycles. The van der Waals surface area contributed by atoms with Gasteiger partial charge in [-0.1, -0.05) is 41.4 Å². The molecule has 0 aliphatic rings. The molecule has 106 valence electrons. The van der Waals surface area contributed by atoms with Crippen molar-refractivity contribution in [3.8, 4) is 0 Å². The highest BCUT2D eigenvalue weighted by atomic mass is 35.5. The number of carbonyl (C=O) groups is 1. The lowest BCUT2D eigenvalue weighted by molar-refractivity contribution is -0.384. The largest absolute Gasteiger partial charge is 0.289 e. The molecule has 0 bridgehead atoms. The van der Waals surface area contributed by atoms with E-state index in [4.69, 9.17) is 23.2 Å². The van der Waals surface area contributed by atoms with Gasteiger partial charge in [0, 0.05) is 16.7 Å². The summed E-state index contributed by atoms with van der Waals surface area (Å²) in [5, 5.41) is 11.3. The number of hydrogen-bond acceptors (Lipinski definition) is 3. The highest BCUT2D eigenvalue weighted by molar-refractivity contribution is 6.33. The molecule has 0 spiro atoms. The number of carbonyl (C=O) groups excluding carboxylic acids is 1. The van der Waals surface area contributed by atoms with Crippen molar-refractivity contribution in [2.75, 3.05) is 0 Å². The molecule has 2 aromatic carbocycles. The van der Waals surface area contributed by atoms with Gasteiger partial charge in [0.1, 0.15) is 5.02 Å². The lowest BCUT2D eigenvalue weighted by Gasteiger charge is -1.99. The molecule has 0 heterocycles. The highest BCUT2D eigenvalue weighted by Crippen LogP contribution is 2.25. The summed E-state index contributed by atoms with van der Waals surface area (Å²) in [6.45, 7) is 0. The molecule has 0 atom stereocenters. The van der Waals surface area contributed by atoms with Crippen LogP contribution in [0.25, 0.3) is 6.08 Å². The summed E-state index contributed by atoms with van der Waals surface area (Å²) in [6, 6.07) is 11.0. The van der Waals surface area contributed by atoms with Crippen LogP contribution < -0.4 is 0 Å². The summed E-state index contributed by atoms with van der Waals surface area (Å²) in [7, 11) is 0. The van der Waals surface area contributed by atoms with E-state index in [1.807, 2.05) is 0 Å². The van der Waals surface area contributed by atoms with Crippen molar-refractivity contribution < 1.29 is 9.72 Å². The van der Waals surface area contributed by atoms with E-state index in [2.05, 4.69) is 0 Å². The molecule has 0 aliphatic carbocycles. The van der Waals surface area contributed by atoms with E-state index >= 15 is 0 Å². The summed E-state index contributed by atoms with van der Waals surface area (Å²) >= 11 is 11.7. The lowest BCUT2D eigenvalue weighted by Crippen LogP contribution is -1.97. The van der Waals surface area contributed by atoms with Crippen molar-refractivity contribution >= 4 is 40.7 Å². The minimum absolute atomic E-state index is 0.00775. The van der Waals surface area contributed by atoms with Gasteiger partial charge in [0.05, 0.1) is 4.92 Å². The van der Waals surface area contributed by atoms with E-state index < -0.39 is 4.92 Å². The third-order valence-corrected chi connectivity index (χ3v) is 3.41. The van der Waals surface area contributed by atoms with Crippen molar-refractivity contribution in [2.24, 2.45) is 0 Å². The Kier molecular flexibility index (Phi) is 4.73. The van der Waals surface area contributed by atoms with Crippen LogP contribution in [-0.2, 0) is 0 Å². The van der Waals surface area contributed by atoms with Gasteiger partial charge in [-0.15, -0.1) is 0 Å². The standard InChI is InChI=1S/C15H9Cl2NO3/c16-12-4-2-1-3-10(12)6-8-15(19)11-5-7-13(17)14(9-11)18(20)21/h1-9H. The molecule has 6 heteroatoms. The Hall–Kier alpha value is -2.17. The fourth-order valence-corrected chi connectivity index (χ4v) is 2.06. The zero-order valence-electron chi connectivity index (χ0n) is 10.6. The Morgan fingerprint density at radius 1 is 1.10 bits per heavy atom. The molecular weight excluding hydrogens is 313 g/mol. The first-order chi connectivity index (χ1) is 9.99. The third-order valence-electron chi connectivity index (χ3n) is 2.75. The van der Waals surface area contributed by atoms with E-state index in [-0.39, 0.29) is 22.1 Å². The van der Waals surface area contributed by atoms with Gasteiger partial charge in [-0.3, -0.25) is 14.9 Å². The first kappa shape index (κ1) is 15.2. The van der Waals surface area contributed by atoms with Gasteiger partial charge < -0.3 is 0 Å². The van der Waals surface area contributed by atoms with Gasteiger partial charge in [-0.2, -0.15) is 0 Å². The number of rotatable bonds is 4. The van der Waals surface area contributed by atoms with Crippen molar-refractivity contribution in [3.63, 3.8) is 0 Å². The number of nitro benzene ring substituents is 1. The van der Waals surface area contributed by atoms with Crippen LogP contribution in [0, 0.1) is 10.1 Å². The topological polar surface area (TPSA) is 60.2 Å². The van der Waals surface area contributed by atoms with Crippen molar-refractivity contribution in [1.29, 1.82) is 0 Å². The van der Waals surface area contributed by atoms with Crippen LogP contribution in [0.1, 0.15) is 15.9 Å². The normalized spacial score (nSPS) is 10.8. The van der Waals surface area contributed by atoms with Crippen LogP contribution in [0.2, 0.25) is 10.0 Å². The number of halogens is 2. The fourth-order valence-electron chi connectivity index (χ4n) is 1.68. The summed E-state index contributed by atoms with van der Waals surface area (Å²) in [6.07, 6.45) is 2.87. The second-order valence-electron chi connectivity index (χ2n) is 4.14. The van der Waals surface area contributed by atoms with Crippen LogP contribution >= 0.6 is 23.2 Å². The molecule has 2 aromatic rings. The average Bonchev–Trinajstić information content (AvgIpc) is 2.46. The first-order valence-corrected chi connectivity index (χ1v) is 6.65. The number of allylic oxidation sites excluding steroid dienone is 1. The molecule has 0 saturated carbocycles. The zero-order chi connectivity index (χ0) is 15.4. The monoisotopic (exact) mass is 321 g/mol. The number of nitrogens with zero attached hydrogens (tertiary/aromatic N) is 1. The van der Waals surface area contributed by atoms with Crippen LogP contribution in [0.4, 0.5) is 5.69 Å². The zero-order valence-corrected chi connectivity index (χ0v) is 12.1. The Bertz CT molecular complexity index is 741. The number of benzene rings is 2. The molecule has 0 radical (unpaired) electrons. The Labute approximate surface area is 130 Å². The average molecular weight is 322 g/mol. The smallest absolute Gasteiger partial charge is 0.288 e. The molecule has 0 amide bonds. The van der Waals surface area contributed by atoms with E-state index in [0.29, 0.717) is 10.6 Å². The number of hydrogen-bond donors (Lipinski definition) is 0. The van der Waals surface area contributed by atoms with Crippen LogP contribution in [0.15, 0.2) is 48.5 Å². The Morgan fingerprint density at radius 3 is 2.48 bits per heavy atom. The molecule has 0 saturated heterocycles. The Balaban J connectivity index is 2.27. The van der Waals surface area contributed by atoms with Crippen LogP contribution in [0.3, 0.4) is 0 Å². The predicted octanol–water partition coefficient (Wildman–Crippen LogP) is 4.80. The molecule has 4 nitrogen and oxygen atoms in total. The number of nitro groups is 1. The van der Waals surface area contributed by atoms with Gasteiger partial charge in [-0.25, -0.2) is 0 Å². The van der Waals surface area contributed by atoms with E-state index in [1.165, 1.54) is 18.2 Å². The quantitative estimate of drug-likeness (QED) is 0.352. The molecule has 0 aliphatic heterocycles. The maximum atomic E-state index is 12.0. The maximum absolute atomic E-state index is 12.0. The number of ketones is 1. The van der Waals surface area contributed by atoms with Gasteiger partial charge in [0.25, 0.3) is 5.69 Å². The van der Waals surface area contributed by atoms with Crippen LogP contribution in [-0.4, -0.2) is 10.7 Å². The molecule has 0 unspecified atom stereocenters. The fraction of sp³-hybridized carbons (Fsp3) is 0. The van der Waals surface area contributed by atoms with Crippen molar-refractivity contribution in [2.45, 2.75) is 0 Å². The lowest BCUT2D eigenvalue weighted by atomic mass is 10.1. The van der Waals surface area contributed by atoms with E-state index in [1.54, 1.807) is 30.3 Å². The maximum Gasteiger partial charge on any atom is 0.288 e. The highest BCUT2D eigenvalue weighted by Gasteiger charge is 2.15. The second kappa shape index (κ2) is 6.52. The summed E-state index contributed by atoms with van der Waals surface area (Å²) in [5.41, 5.74) is 0.582. The minimum Gasteiger partial charge on any atom is -0.289 e. The SMILES string of the molecule is O=C(C=Cc1ccccc1Cl)c1ccc(Cl)c([N+](=O)[O-])c1. The van der Waals surface area contributed by atoms with Crippen molar-refractivity contribution in [1.82, 2.24) is 0 Å². The summed E-state index contributed by atoms with van der Waals surface area (Å²) in [4.78, 5) is 22.2. The predicted molar refractivity (Wildman–Crippen MR) is 82.9 cm³/mol. The van der Waals surface area contributed by atoms with Crippen molar-refractivity contribution in [3.05, 3.63) is 79.8 Å². The molecular formula is C15H9Cl2NO3. The second-order valence-corrected chi connectivity index (χ2v) is 4.96. The summed E-state index contributed by atoms with van der Waals surface area (Å²) < 4.78 is 0.